The van der Waals surface area contributed by atoms with Crippen LogP contribution in [-0.4, -0.2) is 9.97 Å². The second-order valence-electron chi connectivity index (χ2n) is 4.14. The number of hydrogen-bond donors (Lipinski definition) is 1. The lowest BCUT2D eigenvalue weighted by Crippen LogP contribution is -1.98. The first-order valence-electron chi connectivity index (χ1n) is 5.72. The highest BCUT2D eigenvalue weighted by atomic mass is 32.1. The van der Waals surface area contributed by atoms with Crippen LogP contribution in [0.5, 0.6) is 0 Å². The summed E-state index contributed by atoms with van der Waals surface area (Å²) in [7, 11) is 0. The van der Waals surface area contributed by atoms with Gasteiger partial charge in [0.15, 0.2) is 0 Å². The number of benzene rings is 1. The molecule has 3 aromatic rings. The van der Waals surface area contributed by atoms with E-state index in [-0.39, 0.29) is 0 Å². The first-order chi connectivity index (χ1) is 8.72. The van der Waals surface area contributed by atoms with E-state index >= 15 is 0 Å². The van der Waals surface area contributed by atoms with Crippen LogP contribution in [0.2, 0.25) is 0 Å². The topological polar surface area (TPSA) is 37.8 Å². The van der Waals surface area contributed by atoms with Crippen LogP contribution in [0.25, 0.3) is 10.2 Å². The van der Waals surface area contributed by atoms with Gasteiger partial charge < -0.3 is 5.32 Å². The van der Waals surface area contributed by atoms with Crippen molar-refractivity contribution >= 4 is 38.6 Å². The zero-order valence-corrected chi connectivity index (χ0v) is 11.9. The van der Waals surface area contributed by atoms with E-state index in [9.17, 15) is 0 Å². The number of nitrogens with zero attached hydrogens (tertiary/aromatic N) is 2. The van der Waals surface area contributed by atoms with E-state index in [1.54, 1.807) is 22.7 Å². The largest absolute Gasteiger partial charge is 0.378 e. The van der Waals surface area contributed by atoms with E-state index in [2.05, 4.69) is 41.3 Å². The van der Waals surface area contributed by atoms with Gasteiger partial charge in [-0.3, -0.25) is 0 Å². The monoisotopic (exact) mass is 275 g/mol. The smallest absolute Gasteiger partial charge is 0.112 e. The normalized spacial score (nSPS) is 11.0. The van der Waals surface area contributed by atoms with Crippen LogP contribution >= 0.6 is 22.7 Å². The molecule has 1 N–H and O–H groups in total. The number of fused-ring (bicyclic) bond motifs is 1. The van der Waals surface area contributed by atoms with E-state index in [0.717, 1.165) is 28.5 Å². The molecule has 0 amide bonds. The molecule has 3 rings (SSSR count). The Morgan fingerprint density at radius 3 is 2.94 bits per heavy atom. The molecule has 1 aromatic carbocycles. The molecule has 0 saturated carbocycles. The third-order valence-corrected chi connectivity index (χ3v) is 4.71. The van der Waals surface area contributed by atoms with E-state index in [1.165, 1.54) is 9.58 Å². The molecule has 3 nitrogen and oxygen atoms in total. The molecule has 2 aromatic heterocycles. The lowest BCUT2D eigenvalue weighted by molar-refractivity contribution is 1.07. The first kappa shape index (κ1) is 11.6. The summed E-state index contributed by atoms with van der Waals surface area (Å²) in [5.74, 6) is 0. The summed E-state index contributed by atoms with van der Waals surface area (Å²) in [6.45, 7) is 4.95. The van der Waals surface area contributed by atoms with Gasteiger partial charge in [-0.25, -0.2) is 9.97 Å². The van der Waals surface area contributed by atoms with Gasteiger partial charge in [-0.2, -0.15) is 0 Å². The minimum Gasteiger partial charge on any atom is -0.378 e. The predicted octanol–water partition coefficient (Wildman–Crippen LogP) is 3.98. The molecule has 0 fully saturated rings. The molecule has 18 heavy (non-hydrogen) atoms. The molecular weight excluding hydrogens is 262 g/mol. The quantitative estimate of drug-likeness (QED) is 0.785. The molecule has 0 bridgehead atoms. The number of aryl methyl sites for hydroxylation is 2. The van der Waals surface area contributed by atoms with Crippen LogP contribution in [0.4, 0.5) is 5.69 Å². The van der Waals surface area contributed by atoms with Crippen molar-refractivity contribution in [2.24, 2.45) is 0 Å². The standard InChI is InChI=1S/C13H13N3S2/c1-8-9(2)18-13(16-8)6-14-10-3-4-11-12(5-10)17-7-15-11/h3-5,7,14H,6H2,1-2H3. The third kappa shape index (κ3) is 2.23. The molecule has 0 unspecified atom stereocenters. The van der Waals surface area contributed by atoms with Crippen molar-refractivity contribution in [3.05, 3.63) is 39.3 Å². The highest BCUT2D eigenvalue weighted by Crippen LogP contribution is 2.23. The molecule has 0 atom stereocenters. The number of aromatic nitrogens is 2. The second-order valence-corrected chi connectivity index (χ2v) is 6.31. The summed E-state index contributed by atoms with van der Waals surface area (Å²) in [4.78, 5) is 10.1. The summed E-state index contributed by atoms with van der Waals surface area (Å²) in [6, 6.07) is 6.25. The molecule has 0 aliphatic heterocycles. The van der Waals surface area contributed by atoms with Crippen molar-refractivity contribution in [1.29, 1.82) is 0 Å². The van der Waals surface area contributed by atoms with Gasteiger partial charge in [-0.05, 0) is 32.0 Å². The number of thiazole rings is 2. The Labute approximate surface area is 114 Å². The van der Waals surface area contributed by atoms with Gasteiger partial charge in [-0.15, -0.1) is 22.7 Å². The average molecular weight is 275 g/mol. The fourth-order valence-electron chi connectivity index (χ4n) is 1.76. The minimum absolute atomic E-state index is 0.781. The maximum Gasteiger partial charge on any atom is 0.112 e. The fraction of sp³-hybridized carbons (Fsp3) is 0.231. The molecule has 0 radical (unpaired) electrons. The van der Waals surface area contributed by atoms with Crippen molar-refractivity contribution in [2.45, 2.75) is 20.4 Å². The third-order valence-electron chi connectivity index (χ3n) is 2.85. The van der Waals surface area contributed by atoms with Gasteiger partial charge >= 0.3 is 0 Å². The predicted molar refractivity (Wildman–Crippen MR) is 78.5 cm³/mol. The van der Waals surface area contributed by atoms with Crippen molar-refractivity contribution in [2.75, 3.05) is 5.32 Å². The molecule has 2 heterocycles. The second kappa shape index (κ2) is 4.66. The highest BCUT2D eigenvalue weighted by molar-refractivity contribution is 7.16. The fourth-order valence-corrected chi connectivity index (χ4v) is 3.35. The lowest BCUT2D eigenvalue weighted by atomic mass is 10.3. The SMILES string of the molecule is Cc1nc(CNc2ccc3ncsc3c2)sc1C. The van der Waals surface area contributed by atoms with Crippen LogP contribution in [0.3, 0.4) is 0 Å². The van der Waals surface area contributed by atoms with E-state index in [1.807, 2.05) is 11.6 Å². The Balaban J connectivity index is 1.76. The Hall–Kier alpha value is -1.46. The van der Waals surface area contributed by atoms with Gasteiger partial charge in [0, 0.05) is 10.6 Å². The molecule has 0 aliphatic rings. The zero-order valence-electron chi connectivity index (χ0n) is 10.2. The van der Waals surface area contributed by atoms with Crippen LogP contribution in [0, 0.1) is 13.8 Å². The molecule has 0 spiro atoms. The minimum atomic E-state index is 0.781. The van der Waals surface area contributed by atoms with Crippen molar-refractivity contribution in [1.82, 2.24) is 9.97 Å². The number of rotatable bonds is 3. The summed E-state index contributed by atoms with van der Waals surface area (Å²) in [6.07, 6.45) is 0. The van der Waals surface area contributed by atoms with Gasteiger partial charge in [0.2, 0.25) is 0 Å². The van der Waals surface area contributed by atoms with Crippen LogP contribution in [-0.2, 0) is 6.54 Å². The Morgan fingerprint density at radius 1 is 1.28 bits per heavy atom. The molecule has 0 aliphatic carbocycles. The number of hydrogen-bond acceptors (Lipinski definition) is 5. The average Bonchev–Trinajstić information content (AvgIpc) is 2.94. The summed E-state index contributed by atoms with van der Waals surface area (Å²) in [5.41, 5.74) is 5.19. The van der Waals surface area contributed by atoms with Gasteiger partial charge in [-0.1, -0.05) is 0 Å². The van der Waals surface area contributed by atoms with E-state index in [4.69, 9.17) is 0 Å². The van der Waals surface area contributed by atoms with E-state index < -0.39 is 0 Å². The number of anilines is 1. The summed E-state index contributed by atoms with van der Waals surface area (Å²) < 4.78 is 1.21. The Bertz CT molecular complexity index is 665. The maximum absolute atomic E-state index is 4.52. The van der Waals surface area contributed by atoms with E-state index in [0.29, 0.717) is 0 Å². The van der Waals surface area contributed by atoms with Crippen LogP contribution in [0.1, 0.15) is 15.6 Å². The molecule has 92 valence electrons. The first-order valence-corrected chi connectivity index (χ1v) is 7.42. The van der Waals surface area contributed by atoms with Crippen molar-refractivity contribution in [3.8, 4) is 0 Å². The van der Waals surface area contributed by atoms with Crippen molar-refractivity contribution < 1.29 is 0 Å². The van der Waals surface area contributed by atoms with Crippen LogP contribution < -0.4 is 5.32 Å². The Morgan fingerprint density at radius 2 is 2.17 bits per heavy atom. The molecular formula is C13H13N3S2. The van der Waals surface area contributed by atoms with Crippen molar-refractivity contribution in [3.63, 3.8) is 0 Å². The van der Waals surface area contributed by atoms with Crippen LogP contribution in [0.15, 0.2) is 23.7 Å². The zero-order chi connectivity index (χ0) is 12.5. The van der Waals surface area contributed by atoms with Gasteiger partial charge in [0.05, 0.1) is 28.0 Å². The Kier molecular flexibility index (Phi) is 3.01. The molecule has 5 heteroatoms. The van der Waals surface area contributed by atoms with Gasteiger partial charge in [0.1, 0.15) is 5.01 Å². The lowest BCUT2D eigenvalue weighted by Gasteiger charge is -2.03. The summed E-state index contributed by atoms with van der Waals surface area (Å²) in [5, 5.41) is 4.54. The number of nitrogens with one attached hydrogen (secondary N) is 1. The van der Waals surface area contributed by atoms with Gasteiger partial charge in [0.25, 0.3) is 0 Å². The maximum atomic E-state index is 4.52. The summed E-state index contributed by atoms with van der Waals surface area (Å²) >= 11 is 3.42. The molecule has 0 saturated heterocycles. The highest BCUT2D eigenvalue weighted by Gasteiger charge is 2.04.